The van der Waals surface area contributed by atoms with E-state index in [1.807, 2.05) is 0 Å². The molecule has 0 spiro atoms. The van der Waals surface area contributed by atoms with Gasteiger partial charge in [0.2, 0.25) is 0 Å². The number of nitrogens with zero attached hydrogens (tertiary/aromatic N) is 2. The summed E-state index contributed by atoms with van der Waals surface area (Å²) in [6.45, 7) is 8.76. The van der Waals surface area contributed by atoms with Gasteiger partial charge in [0.15, 0.2) is 0 Å². The van der Waals surface area contributed by atoms with Gasteiger partial charge in [0.1, 0.15) is 6.04 Å². The van der Waals surface area contributed by atoms with Gasteiger partial charge in [0.25, 0.3) is 0 Å². The number of fused-ring (bicyclic) bond motifs is 1. The minimum Gasteiger partial charge on any atom is -0.172 e. The van der Waals surface area contributed by atoms with E-state index in [9.17, 15) is 0 Å². The molecule has 2 nitrogen and oxygen atoms in total. The molecule has 0 aromatic rings. The summed E-state index contributed by atoms with van der Waals surface area (Å²) in [4.78, 5) is 0. The van der Waals surface area contributed by atoms with E-state index in [2.05, 4.69) is 37.3 Å². The van der Waals surface area contributed by atoms with Crippen LogP contribution in [0, 0.1) is 0 Å². The van der Waals surface area contributed by atoms with Gasteiger partial charge in [-0.3, -0.25) is 0 Å². The van der Waals surface area contributed by atoms with Crippen LogP contribution in [0.15, 0.2) is 31.9 Å². The lowest BCUT2D eigenvalue weighted by Gasteiger charge is -2.26. The van der Waals surface area contributed by atoms with E-state index in [1.165, 1.54) is 22.3 Å². The summed E-state index contributed by atoms with van der Waals surface area (Å²) in [5.74, 6) is 0. The first-order valence-corrected chi connectivity index (χ1v) is 5.37. The van der Waals surface area contributed by atoms with E-state index in [0.717, 1.165) is 0 Å². The van der Waals surface area contributed by atoms with E-state index in [1.54, 1.807) is 11.9 Å². The summed E-state index contributed by atoms with van der Waals surface area (Å²) in [5.41, 5.74) is 5.67. The molecule has 2 rings (SSSR count). The topological polar surface area (TPSA) is 24.7 Å². The summed E-state index contributed by atoms with van der Waals surface area (Å²) in [6.07, 6.45) is 0. The maximum absolute atomic E-state index is 4.27. The zero-order chi connectivity index (χ0) is 9.59. The molecule has 0 aromatic heterocycles. The molecule has 1 aliphatic heterocycles. The van der Waals surface area contributed by atoms with Crippen molar-refractivity contribution in [3.05, 3.63) is 22.3 Å². The van der Waals surface area contributed by atoms with Crippen LogP contribution in [-0.4, -0.2) is 11.3 Å². The number of allylic oxidation sites excluding steroid dienone is 2. The summed E-state index contributed by atoms with van der Waals surface area (Å²) >= 11 is 1.61. The van der Waals surface area contributed by atoms with E-state index in [4.69, 9.17) is 0 Å². The Balaban J connectivity index is 2.51. The Kier molecular flexibility index (Phi) is 2.06. The zero-order valence-corrected chi connectivity index (χ0v) is 9.27. The summed E-state index contributed by atoms with van der Waals surface area (Å²) in [5, 5.41) is 4.75. The van der Waals surface area contributed by atoms with Crippen molar-refractivity contribution in [2.24, 2.45) is 9.63 Å². The van der Waals surface area contributed by atoms with E-state index >= 15 is 0 Å². The summed E-state index contributed by atoms with van der Waals surface area (Å²) in [6, 6.07) is 0.314. The maximum Gasteiger partial charge on any atom is 0.111 e. The van der Waals surface area contributed by atoms with Crippen molar-refractivity contribution in [2.75, 3.05) is 0 Å². The lowest BCUT2D eigenvalue weighted by Crippen LogP contribution is -2.25. The first kappa shape index (κ1) is 9.00. The molecule has 1 heterocycles. The Hall–Kier alpha value is -0.570. The fourth-order valence-corrected chi connectivity index (χ4v) is 2.87. The molecule has 2 atom stereocenters. The summed E-state index contributed by atoms with van der Waals surface area (Å²) in [7, 11) is 0. The van der Waals surface area contributed by atoms with E-state index < -0.39 is 0 Å². The third-order valence-corrected chi connectivity index (χ3v) is 4.26. The maximum atomic E-state index is 4.27. The van der Waals surface area contributed by atoms with Crippen LogP contribution in [0.1, 0.15) is 27.7 Å². The smallest absolute Gasteiger partial charge is 0.111 e. The van der Waals surface area contributed by atoms with Crippen LogP contribution in [0.5, 0.6) is 0 Å². The standard InChI is InChI=1S/C10H14N2S/c1-5-6(2)8(4)10-9(7(5)3)11-12-13-10/h9-10H,1-4H3. The zero-order valence-electron chi connectivity index (χ0n) is 8.46. The largest absolute Gasteiger partial charge is 0.172 e. The van der Waals surface area contributed by atoms with Crippen LogP contribution < -0.4 is 0 Å². The first-order chi connectivity index (χ1) is 6.13. The Morgan fingerprint density at radius 2 is 1.62 bits per heavy atom. The van der Waals surface area contributed by atoms with Crippen molar-refractivity contribution < 1.29 is 0 Å². The fourth-order valence-electron chi connectivity index (χ4n) is 1.90. The number of rotatable bonds is 0. The third-order valence-electron chi connectivity index (χ3n) is 3.23. The van der Waals surface area contributed by atoms with Crippen molar-refractivity contribution in [1.82, 2.24) is 0 Å². The van der Waals surface area contributed by atoms with Crippen LogP contribution in [0.4, 0.5) is 0 Å². The molecule has 1 aliphatic carbocycles. The molecule has 70 valence electrons. The van der Waals surface area contributed by atoms with Crippen LogP contribution >= 0.6 is 11.9 Å². The molecule has 0 N–H and O–H groups in total. The number of hydrogen-bond donors (Lipinski definition) is 0. The highest BCUT2D eigenvalue weighted by Gasteiger charge is 2.34. The lowest BCUT2D eigenvalue weighted by molar-refractivity contribution is 0.738. The van der Waals surface area contributed by atoms with E-state index in [-0.39, 0.29) is 0 Å². The molecule has 0 saturated carbocycles. The van der Waals surface area contributed by atoms with Gasteiger partial charge in [0, 0.05) is 11.9 Å². The molecule has 0 radical (unpaired) electrons. The molecular formula is C10H14N2S. The predicted octanol–water partition coefficient (Wildman–Crippen LogP) is 3.52. The average molecular weight is 194 g/mol. The van der Waals surface area contributed by atoms with Crippen LogP contribution in [0.3, 0.4) is 0 Å². The minimum absolute atomic E-state index is 0.314. The molecule has 0 aromatic carbocycles. The van der Waals surface area contributed by atoms with Crippen LogP contribution in [0.2, 0.25) is 0 Å². The quantitative estimate of drug-likeness (QED) is 0.541. The molecule has 3 heteroatoms. The van der Waals surface area contributed by atoms with Crippen molar-refractivity contribution in [1.29, 1.82) is 0 Å². The van der Waals surface area contributed by atoms with Gasteiger partial charge < -0.3 is 0 Å². The highest BCUT2D eigenvalue weighted by atomic mass is 32.2. The molecule has 0 fully saturated rings. The Labute approximate surface area is 83.3 Å². The van der Waals surface area contributed by atoms with Crippen LogP contribution in [-0.2, 0) is 0 Å². The lowest BCUT2D eigenvalue weighted by atomic mass is 9.85. The van der Waals surface area contributed by atoms with Gasteiger partial charge in [-0.1, -0.05) is 5.57 Å². The van der Waals surface area contributed by atoms with Crippen molar-refractivity contribution >= 4 is 11.9 Å². The Morgan fingerprint density at radius 3 is 2.31 bits per heavy atom. The second-order valence-corrected chi connectivity index (χ2v) is 4.67. The summed E-state index contributed by atoms with van der Waals surface area (Å²) < 4.78 is 4.07. The normalized spacial score (nSPS) is 32.9. The van der Waals surface area contributed by atoms with E-state index in [0.29, 0.717) is 11.3 Å². The van der Waals surface area contributed by atoms with Gasteiger partial charge >= 0.3 is 0 Å². The van der Waals surface area contributed by atoms with Crippen molar-refractivity contribution in [3.8, 4) is 0 Å². The molecular weight excluding hydrogens is 180 g/mol. The molecule has 13 heavy (non-hydrogen) atoms. The minimum atomic E-state index is 0.314. The molecule has 0 saturated heterocycles. The third kappa shape index (κ3) is 1.17. The van der Waals surface area contributed by atoms with Crippen molar-refractivity contribution in [3.63, 3.8) is 0 Å². The Morgan fingerprint density at radius 1 is 1.00 bits per heavy atom. The monoisotopic (exact) mass is 194 g/mol. The highest BCUT2D eigenvalue weighted by molar-refractivity contribution is 7.98. The molecule has 0 bridgehead atoms. The average Bonchev–Trinajstić information content (AvgIpc) is 2.59. The molecule has 2 unspecified atom stereocenters. The van der Waals surface area contributed by atoms with Gasteiger partial charge in [-0.15, -0.1) is 4.52 Å². The van der Waals surface area contributed by atoms with Gasteiger partial charge in [-0.05, 0) is 44.4 Å². The van der Waals surface area contributed by atoms with Gasteiger partial charge in [0.05, 0.1) is 5.25 Å². The van der Waals surface area contributed by atoms with Crippen LogP contribution in [0.25, 0.3) is 0 Å². The fraction of sp³-hybridized carbons (Fsp3) is 0.600. The second kappa shape index (κ2) is 2.98. The second-order valence-electron chi connectivity index (χ2n) is 3.78. The highest BCUT2D eigenvalue weighted by Crippen LogP contribution is 2.42. The predicted molar refractivity (Wildman–Crippen MR) is 56.8 cm³/mol. The first-order valence-electron chi connectivity index (χ1n) is 4.54. The molecule has 2 aliphatic rings. The molecule has 0 amide bonds. The van der Waals surface area contributed by atoms with Gasteiger partial charge in [-0.2, -0.15) is 5.11 Å². The van der Waals surface area contributed by atoms with Gasteiger partial charge in [-0.25, -0.2) is 0 Å². The number of hydrogen-bond acceptors (Lipinski definition) is 3. The van der Waals surface area contributed by atoms with Crippen molar-refractivity contribution in [2.45, 2.75) is 39.0 Å². The SMILES string of the molecule is CC1=C(C)C2N=NSC2C(C)=C1C. The Bertz CT molecular complexity index is 339.